The van der Waals surface area contributed by atoms with Gasteiger partial charge in [0, 0.05) is 23.9 Å². The summed E-state index contributed by atoms with van der Waals surface area (Å²) in [6.45, 7) is 3.15. The molecule has 3 nitrogen and oxygen atoms in total. The number of hydrogen-bond donors (Lipinski definition) is 0. The first-order chi connectivity index (χ1) is 10.8. The smallest absolute Gasteiger partial charge is 0.164 e. The van der Waals surface area contributed by atoms with Crippen LogP contribution in [0, 0.1) is 0 Å². The number of piperidine rings is 1. The average Bonchev–Trinajstić information content (AvgIpc) is 2.59. The van der Waals surface area contributed by atoms with Gasteiger partial charge in [-0.25, -0.2) is 0 Å². The Kier molecular flexibility index (Phi) is 4.74. The fourth-order valence-corrected chi connectivity index (χ4v) is 3.27. The van der Waals surface area contributed by atoms with Gasteiger partial charge in [-0.1, -0.05) is 30.7 Å². The fourth-order valence-electron chi connectivity index (χ4n) is 3.27. The minimum absolute atomic E-state index is 0.226. The van der Waals surface area contributed by atoms with Crippen molar-refractivity contribution in [1.82, 2.24) is 4.90 Å². The third-order valence-corrected chi connectivity index (χ3v) is 4.51. The highest BCUT2D eigenvalue weighted by atomic mass is 16.5. The van der Waals surface area contributed by atoms with Gasteiger partial charge >= 0.3 is 0 Å². The van der Waals surface area contributed by atoms with Crippen molar-refractivity contribution in [3.05, 3.63) is 42.0 Å². The lowest BCUT2D eigenvalue weighted by atomic mass is 9.99. The van der Waals surface area contributed by atoms with E-state index in [1.807, 2.05) is 36.4 Å². The number of methoxy groups -OCH3 is 1. The van der Waals surface area contributed by atoms with E-state index in [2.05, 4.69) is 4.90 Å². The van der Waals surface area contributed by atoms with E-state index in [-0.39, 0.29) is 5.78 Å². The lowest BCUT2D eigenvalue weighted by molar-refractivity contribution is 0.0960. The van der Waals surface area contributed by atoms with Gasteiger partial charge < -0.3 is 9.64 Å². The van der Waals surface area contributed by atoms with Crippen molar-refractivity contribution in [1.29, 1.82) is 0 Å². The lowest BCUT2D eigenvalue weighted by Crippen LogP contribution is -2.31. The molecule has 0 amide bonds. The summed E-state index contributed by atoms with van der Waals surface area (Å²) < 4.78 is 5.40. The molecule has 0 atom stereocenters. The second kappa shape index (κ2) is 6.93. The van der Waals surface area contributed by atoms with Crippen LogP contribution in [0.5, 0.6) is 5.75 Å². The Morgan fingerprint density at radius 2 is 1.77 bits per heavy atom. The first kappa shape index (κ1) is 15.0. The van der Waals surface area contributed by atoms with Gasteiger partial charge in [0.15, 0.2) is 5.78 Å². The predicted octanol–water partition coefficient (Wildman–Crippen LogP) is 3.91. The molecule has 0 radical (unpaired) electrons. The summed E-state index contributed by atoms with van der Waals surface area (Å²) >= 11 is 0. The molecule has 3 rings (SSSR count). The van der Waals surface area contributed by atoms with Crippen LogP contribution in [0.1, 0.15) is 36.0 Å². The van der Waals surface area contributed by atoms with Crippen LogP contribution in [0.15, 0.2) is 36.4 Å². The molecule has 1 heterocycles. The number of rotatable bonds is 5. The van der Waals surface area contributed by atoms with Gasteiger partial charge in [-0.15, -0.1) is 0 Å². The standard InChI is InChI=1S/C19H23NO2/c1-22-19-10-9-16(15-7-3-4-8-17(15)19)18(21)11-14-20-12-5-2-6-13-20/h3-4,7-10H,2,5-6,11-14H2,1H3. The molecule has 1 saturated heterocycles. The van der Waals surface area contributed by atoms with Crippen molar-refractivity contribution in [2.45, 2.75) is 25.7 Å². The Morgan fingerprint density at radius 1 is 1.05 bits per heavy atom. The molecule has 1 aliphatic rings. The van der Waals surface area contributed by atoms with Crippen molar-refractivity contribution in [2.24, 2.45) is 0 Å². The number of benzene rings is 2. The highest BCUT2D eigenvalue weighted by Crippen LogP contribution is 2.29. The molecule has 0 bridgehead atoms. The molecule has 2 aromatic carbocycles. The minimum atomic E-state index is 0.226. The summed E-state index contributed by atoms with van der Waals surface area (Å²) in [6, 6.07) is 11.8. The maximum atomic E-state index is 12.6. The molecule has 0 aromatic heterocycles. The third-order valence-electron chi connectivity index (χ3n) is 4.51. The number of Topliss-reactive ketones (excluding diaryl/α,β-unsaturated/α-hetero) is 1. The van der Waals surface area contributed by atoms with Gasteiger partial charge in [-0.05, 0) is 43.5 Å². The third kappa shape index (κ3) is 3.14. The predicted molar refractivity (Wildman–Crippen MR) is 89.7 cm³/mol. The molecule has 3 heteroatoms. The molecular weight excluding hydrogens is 274 g/mol. The second-order valence-corrected chi connectivity index (χ2v) is 5.94. The first-order valence-electron chi connectivity index (χ1n) is 8.11. The van der Waals surface area contributed by atoms with E-state index in [1.165, 1.54) is 19.3 Å². The van der Waals surface area contributed by atoms with E-state index in [9.17, 15) is 4.79 Å². The summed E-state index contributed by atoms with van der Waals surface area (Å²) in [5.74, 6) is 1.05. The second-order valence-electron chi connectivity index (χ2n) is 5.94. The van der Waals surface area contributed by atoms with Crippen LogP contribution in [-0.2, 0) is 0 Å². The van der Waals surface area contributed by atoms with Crippen LogP contribution in [-0.4, -0.2) is 37.4 Å². The Labute approximate surface area is 131 Å². The minimum Gasteiger partial charge on any atom is -0.496 e. The average molecular weight is 297 g/mol. The monoisotopic (exact) mass is 297 g/mol. The van der Waals surface area contributed by atoms with E-state index >= 15 is 0 Å². The molecule has 0 N–H and O–H groups in total. The van der Waals surface area contributed by atoms with Gasteiger partial charge in [0.05, 0.1) is 7.11 Å². The summed E-state index contributed by atoms with van der Waals surface area (Å²) in [5.41, 5.74) is 0.813. The van der Waals surface area contributed by atoms with Crippen molar-refractivity contribution >= 4 is 16.6 Å². The highest BCUT2D eigenvalue weighted by Gasteiger charge is 2.15. The number of fused-ring (bicyclic) bond motifs is 1. The molecule has 116 valence electrons. The Hall–Kier alpha value is -1.87. The van der Waals surface area contributed by atoms with Crippen LogP contribution in [0.25, 0.3) is 10.8 Å². The lowest BCUT2D eigenvalue weighted by Gasteiger charge is -2.26. The molecule has 2 aromatic rings. The van der Waals surface area contributed by atoms with E-state index in [0.29, 0.717) is 6.42 Å². The Balaban J connectivity index is 1.79. The van der Waals surface area contributed by atoms with Gasteiger partial charge in [0.25, 0.3) is 0 Å². The summed E-state index contributed by atoms with van der Waals surface area (Å²) in [4.78, 5) is 15.0. The normalized spacial score (nSPS) is 15.9. The molecule has 0 aliphatic carbocycles. The first-order valence-corrected chi connectivity index (χ1v) is 8.11. The molecule has 0 unspecified atom stereocenters. The Morgan fingerprint density at radius 3 is 2.50 bits per heavy atom. The number of nitrogens with zero attached hydrogens (tertiary/aromatic N) is 1. The SMILES string of the molecule is COc1ccc(C(=O)CCN2CCCCC2)c2ccccc12. The largest absolute Gasteiger partial charge is 0.496 e. The van der Waals surface area contributed by atoms with E-state index in [1.54, 1.807) is 7.11 Å². The maximum Gasteiger partial charge on any atom is 0.164 e. The number of likely N-dealkylation sites (tertiary alicyclic amines) is 1. The number of ether oxygens (including phenoxy) is 1. The quantitative estimate of drug-likeness (QED) is 0.784. The van der Waals surface area contributed by atoms with Crippen molar-refractivity contribution in [2.75, 3.05) is 26.7 Å². The van der Waals surface area contributed by atoms with Crippen LogP contribution >= 0.6 is 0 Å². The maximum absolute atomic E-state index is 12.6. The van der Waals surface area contributed by atoms with E-state index < -0.39 is 0 Å². The van der Waals surface area contributed by atoms with Crippen molar-refractivity contribution < 1.29 is 9.53 Å². The number of ketones is 1. The van der Waals surface area contributed by atoms with Crippen LogP contribution in [0.3, 0.4) is 0 Å². The van der Waals surface area contributed by atoms with Gasteiger partial charge in [0.2, 0.25) is 0 Å². The van der Waals surface area contributed by atoms with Crippen LogP contribution < -0.4 is 4.74 Å². The zero-order valence-corrected chi connectivity index (χ0v) is 13.2. The molecule has 22 heavy (non-hydrogen) atoms. The van der Waals surface area contributed by atoms with Gasteiger partial charge in [0.1, 0.15) is 5.75 Å². The number of carbonyl (C=O) groups is 1. The molecule has 1 aliphatic heterocycles. The molecule has 0 saturated carbocycles. The Bertz CT molecular complexity index is 660. The summed E-state index contributed by atoms with van der Waals surface area (Å²) in [6.07, 6.45) is 4.45. The topological polar surface area (TPSA) is 29.5 Å². The van der Waals surface area contributed by atoms with Gasteiger partial charge in [-0.2, -0.15) is 0 Å². The summed E-state index contributed by atoms with van der Waals surface area (Å²) in [5, 5.41) is 2.00. The zero-order chi connectivity index (χ0) is 15.4. The van der Waals surface area contributed by atoms with Gasteiger partial charge in [-0.3, -0.25) is 4.79 Å². The van der Waals surface area contributed by atoms with Crippen LogP contribution in [0.4, 0.5) is 0 Å². The van der Waals surface area contributed by atoms with Crippen molar-refractivity contribution in [3.63, 3.8) is 0 Å². The van der Waals surface area contributed by atoms with Crippen LogP contribution in [0.2, 0.25) is 0 Å². The molecule has 0 spiro atoms. The fraction of sp³-hybridized carbons (Fsp3) is 0.421. The van der Waals surface area contributed by atoms with E-state index in [0.717, 1.165) is 41.7 Å². The number of hydrogen-bond acceptors (Lipinski definition) is 3. The number of carbonyl (C=O) groups excluding carboxylic acids is 1. The van der Waals surface area contributed by atoms with E-state index in [4.69, 9.17) is 4.74 Å². The summed E-state index contributed by atoms with van der Waals surface area (Å²) in [7, 11) is 1.67. The molecule has 1 fully saturated rings. The zero-order valence-electron chi connectivity index (χ0n) is 13.2. The molecular formula is C19H23NO2. The highest BCUT2D eigenvalue weighted by molar-refractivity contribution is 6.09. The van der Waals surface area contributed by atoms with Crippen molar-refractivity contribution in [3.8, 4) is 5.75 Å².